The Morgan fingerprint density at radius 1 is 1.07 bits per heavy atom. The van der Waals surface area contributed by atoms with Gasteiger partial charge in [0.25, 0.3) is 5.91 Å². The predicted molar refractivity (Wildman–Crippen MR) is 110 cm³/mol. The number of rotatable bonds is 5. The third-order valence-electron chi connectivity index (χ3n) is 6.07. The highest BCUT2D eigenvalue weighted by atomic mass is 19.1. The summed E-state index contributed by atoms with van der Waals surface area (Å²) in [7, 11) is 2.11. The summed E-state index contributed by atoms with van der Waals surface area (Å²) in [5.41, 5.74) is 3.22. The van der Waals surface area contributed by atoms with Crippen molar-refractivity contribution in [3.63, 3.8) is 0 Å². The van der Waals surface area contributed by atoms with E-state index in [0.717, 1.165) is 63.0 Å². The van der Waals surface area contributed by atoms with E-state index < -0.39 is 23.1 Å². The van der Waals surface area contributed by atoms with Crippen LogP contribution in [0.2, 0.25) is 0 Å². The molecule has 0 saturated carbocycles. The van der Waals surface area contributed by atoms with Gasteiger partial charge in [-0.05, 0) is 68.1 Å². The first kappa shape index (κ1) is 19.8. The second-order valence-corrected chi connectivity index (χ2v) is 7.98. The number of halogens is 2. The summed E-state index contributed by atoms with van der Waals surface area (Å²) in [6, 6.07) is 9.99. The number of fused-ring (bicyclic) bond motifs is 1. The third-order valence-corrected chi connectivity index (χ3v) is 6.07. The van der Waals surface area contributed by atoms with Gasteiger partial charge in [-0.1, -0.05) is 18.2 Å². The molecule has 0 spiro atoms. The van der Waals surface area contributed by atoms with Crippen LogP contribution >= 0.6 is 0 Å². The molecule has 1 saturated heterocycles. The van der Waals surface area contributed by atoms with E-state index in [-0.39, 0.29) is 6.04 Å². The fourth-order valence-corrected chi connectivity index (χ4v) is 4.52. The topological polar surface area (TPSA) is 35.6 Å². The van der Waals surface area contributed by atoms with E-state index in [4.69, 9.17) is 0 Å². The number of hydrogen-bond acceptors (Lipinski definition) is 3. The Morgan fingerprint density at radius 3 is 2.52 bits per heavy atom. The fourth-order valence-electron chi connectivity index (χ4n) is 4.52. The summed E-state index contributed by atoms with van der Waals surface area (Å²) < 4.78 is 27.9. The standard InChI is InChI=1S/C23H27F2N3O/c1-27-11-5-6-16-14-17(9-10-20(16)27)21(28-12-2-3-13-28)15-26-23(29)22-18(24)7-4-8-19(22)25/h4,7-10,14,21H,2-3,5-6,11-13,15H2,1H3,(H,26,29)/t21-/m1/s1. The van der Waals surface area contributed by atoms with Crippen LogP contribution in [0.3, 0.4) is 0 Å². The zero-order valence-corrected chi connectivity index (χ0v) is 16.8. The average molecular weight is 399 g/mol. The van der Waals surface area contributed by atoms with Crippen LogP contribution in [-0.2, 0) is 6.42 Å². The molecule has 1 N–H and O–H groups in total. The molecular weight excluding hydrogens is 372 g/mol. The molecule has 0 radical (unpaired) electrons. The second-order valence-electron chi connectivity index (χ2n) is 7.98. The maximum atomic E-state index is 14.0. The average Bonchev–Trinajstić information content (AvgIpc) is 3.23. The van der Waals surface area contributed by atoms with Crippen molar-refractivity contribution in [1.29, 1.82) is 0 Å². The molecule has 0 aromatic heterocycles. The van der Waals surface area contributed by atoms with Crippen LogP contribution in [0.5, 0.6) is 0 Å². The number of carbonyl (C=O) groups is 1. The van der Waals surface area contributed by atoms with Crippen LogP contribution in [0.15, 0.2) is 36.4 Å². The van der Waals surface area contributed by atoms with Crippen molar-refractivity contribution < 1.29 is 13.6 Å². The first-order valence-corrected chi connectivity index (χ1v) is 10.3. The molecule has 0 aliphatic carbocycles. The van der Waals surface area contributed by atoms with Crippen LogP contribution in [0.1, 0.15) is 46.8 Å². The molecule has 0 bridgehead atoms. The second kappa shape index (κ2) is 8.49. The first-order chi connectivity index (χ1) is 14.0. The summed E-state index contributed by atoms with van der Waals surface area (Å²) in [4.78, 5) is 17.1. The molecule has 2 aromatic carbocycles. The molecular formula is C23H27F2N3O. The smallest absolute Gasteiger partial charge is 0.257 e. The van der Waals surface area contributed by atoms with E-state index >= 15 is 0 Å². The van der Waals surface area contributed by atoms with E-state index in [9.17, 15) is 13.6 Å². The molecule has 2 aromatic rings. The van der Waals surface area contributed by atoms with Crippen LogP contribution in [0, 0.1) is 11.6 Å². The van der Waals surface area contributed by atoms with E-state index in [0.29, 0.717) is 6.54 Å². The number of amides is 1. The fraction of sp³-hybridized carbons (Fsp3) is 0.435. The third kappa shape index (κ3) is 4.13. The summed E-state index contributed by atoms with van der Waals surface area (Å²) in [5, 5.41) is 2.77. The van der Waals surface area contributed by atoms with Crippen molar-refractivity contribution in [3.8, 4) is 0 Å². The highest BCUT2D eigenvalue weighted by Gasteiger charge is 2.26. The van der Waals surface area contributed by atoms with Gasteiger partial charge in [-0.15, -0.1) is 0 Å². The molecule has 2 aliphatic rings. The van der Waals surface area contributed by atoms with Crippen LogP contribution in [-0.4, -0.2) is 44.0 Å². The van der Waals surface area contributed by atoms with E-state index in [1.807, 2.05) is 0 Å². The Morgan fingerprint density at radius 2 is 1.79 bits per heavy atom. The van der Waals surface area contributed by atoms with Crippen molar-refractivity contribution in [1.82, 2.24) is 10.2 Å². The van der Waals surface area contributed by atoms with Gasteiger partial charge in [0.2, 0.25) is 0 Å². The highest BCUT2D eigenvalue weighted by Crippen LogP contribution is 2.32. The Labute approximate surface area is 170 Å². The lowest BCUT2D eigenvalue weighted by Gasteiger charge is -2.32. The zero-order chi connectivity index (χ0) is 20.4. The van der Waals surface area contributed by atoms with Gasteiger partial charge in [0.05, 0.1) is 6.04 Å². The van der Waals surface area contributed by atoms with Crippen molar-refractivity contribution in [2.24, 2.45) is 0 Å². The van der Waals surface area contributed by atoms with Gasteiger partial charge in [0, 0.05) is 25.8 Å². The number of aryl methyl sites for hydroxylation is 1. The number of likely N-dealkylation sites (tertiary alicyclic amines) is 1. The number of hydrogen-bond donors (Lipinski definition) is 1. The molecule has 1 fully saturated rings. The Hall–Kier alpha value is -2.47. The number of nitrogens with zero attached hydrogens (tertiary/aromatic N) is 2. The maximum Gasteiger partial charge on any atom is 0.257 e. The number of carbonyl (C=O) groups excluding carboxylic acids is 1. The van der Waals surface area contributed by atoms with Gasteiger partial charge in [-0.3, -0.25) is 9.69 Å². The molecule has 4 rings (SSSR count). The number of anilines is 1. The lowest BCUT2D eigenvalue weighted by atomic mass is 9.96. The van der Waals surface area contributed by atoms with E-state index in [1.165, 1.54) is 17.3 Å². The zero-order valence-electron chi connectivity index (χ0n) is 16.8. The largest absolute Gasteiger partial charge is 0.374 e. The SMILES string of the molecule is CN1CCCc2cc([C@@H](CNC(=O)c3c(F)cccc3F)N3CCCC3)ccc21. The lowest BCUT2D eigenvalue weighted by molar-refractivity contribution is 0.0929. The van der Waals surface area contributed by atoms with Gasteiger partial charge >= 0.3 is 0 Å². The van der Waals surface area contributed by atoms with Gasteiger partial charge < -0.3 is 10.2 Å². The van der Waals surface area contributed by atoms with Crippen molar-refractivity contribution >= 4 is 11.6 Å². The summed E-state index contributed by atoms with van der Waals surface area (Å²) in [6.45, 7) is 3.31. The molecule has 4 nitrogen and oxygen atoms in total. The quantitative estimate of drug-likeness (QED) is 0.828. The molecule has 2 aliphatic heterocycles. The van der Waals surface area contributed by atoms with Gasteiger partial charge in [0.1, 0.15) is 17.2 Å². The lowest BCUT2D eigenvalue weighted by Crippen LogP contribution is -2.37. The minimum atomic E-state index is -0.836. The minimum Gasteiger partial charge on any atom is -0.374 e. The molecule has 0 unspecified atom stereocenters. The number of benzene rings is 2. The first-order valence-electron chi connectivity index (χ1n) is 10.3. The number of nitrogens with one attached hydrogen (secondary N) is 1. The van der Waals surface area contributed by atoms with Gasteiger partial charge in [-0.25, -0.2) is 8.78 Å². The van der Waals surface area contributed by atoms with Crippen LogP contribution in [0.4, 0.5) is 14.5 Å². The maximum absolute atomic E-state index is 14.0. The molecule has 154 valence electrons. The van der Waals surface area contributed by atoms with Crippen LogP contribution in [0.25, 0.3) is 0 Å². The normalized spacial score (nSPS) is 17.8. The van der Waals surface area contributed by atoms with E-state index in [2.05, 4.69) is 40.4 Å². The van der Waals surface area contributed by atoms with E-state index in [1.54, 1.807) is 0 Å². The monoisotopic (exact) mass is 399 g/mol. The summed E-state index contributed by atoms with van der Waals surface area (Å²) in [6.07, 6.45) is 4.43. The van der Waals surface area contributed by atoms with Crippen LogP contribution < -0.4 is 10.2 Å². The molecule has 2 heterocycles. The Balaban J connectivity index is 1.56. The predicted octanol–water partition coefficient (Wildman–Crippen LogP) is 3.91. The molecule has 1 amide bonds. The minimum absolute atomic E-state index is 0.00572. The Bertz CT molecular complexity index is 875. The molecule has 6 heteroatoms. The van der Waals surface area contributed by atoms with Gasteiger partial charge in [-0.2, -0.15) is 0 Å². The summed E-state index contributed by atoms with van der Waals surface area (Å²) in [5.74, 6) is -2.38. The molecule has 29 heavy (non-hydrogen) atoms. The highest BCUT2D eigenvalue weighted by molar-refractivity contribution is 5.94. The van der Waals surface area contributed by atoms with Crippen molar-refractivity contribution in [2.75, 3.05) is 38.1 Å². The van der Waals surface area contributed by atoms with Gasteiger partial charge in [0.15, 0.2) is 0 Å². The van der Waals surface area contributed by atoms with Crippen molar-refractivity contribution in [3.05, 3.63) is 64.7 Å². The van der Waals surface area contributed by atoms with Crippen molar-refractivity contribution in [2.45, 2.75) is 31.7 Å². The Kier molecular flexibility index (Phi) is 5.81. The summed E-state index contributed by atoms with van der Waals surface area (Å²) >= 11 is 0. The molecule has 1 atom stereocenters.